The first-order chi connectivity index (χ1) is 12.8. The molecule has 0 saturated carbocycles. The molecule has 142 valence electrons. The topological polar surface area (TPSA) is 110 Å². The lowest BCUT2D eigenvalue weighted by molar-refractivity contribution is -0.146. The molecular weight excluding hydrogens is 370 g/mol. The SMILES string of the molecule is COc1ccc(CC(C(=O)O)C(=O)NS(=O)(=O)/C=C/c2ccccc2)cc1. The zero-order valence-corrected chi connectivity index (χ0v) is 15.3. The molecule has 2 aromatic carbocycles. The molecule has 2 N–H and O–H groups in total. The minimum Gasteiger partial charge on any atom is -0.497 e. The number of ether oxygens (including phenoxy) is 1. The monoisotopic (exact) mass is 389 g/mol. The molecule has 0 aliphatic heterocycles. The maximum absolute atomic E-state index is 12.2. The highest BCUT2D eigenvalue weighted by Crippen LogP contribution is 2.15. The van der Waals surface area contributed by atoms with Crippen molar-refractivity contribution in [1.82, 2.24) is 4.72 Å². The molecule has 2 rings (SSSR count). The number of amides is 1. The maximum Gasteiger partial charge on any atom is 0.316 e. The number of carbonyl (C=O) groups is 2. The summed E-state index contributed by atoms with van der Waals surface area (Å²) in [6.45, 7) is 0. The molecule has 0 radical (unpaired) electrons. The Morgan fingerprint density at radius 1 is 1.11 bits per heavy atom. The third kappa shape index (κ3) is 6.27. The van der Waals surface area contributed by atoms with Gasteiger partial charge >= 0.3 is 5.97 Å². The second kappa shape index (κ2) is 9.00. The van der Waals surface area contributed by atoms with Crippen LogP contribution in [0, 0.1) is 5.92 Å². The Hall–Kier alpha value is -3.13. The Kier molecular flexibility index (Phi) is 6.73. The Bertz CT molecular complexity index is 920. The van der Waals surface area contributed by atoms with E-state index in [-0.39, 0.29) is 6.42 Å². The number of hydrogen-bond donors (Lipinski definition) is 2. The number of nitrogens with one attached hydrogen (secondary N) is 1. The van der Waals surface area contributed by atoms with E-state index in [0.717, 1.165) is 5.41 Å². The predicted octanol–water partition coefficient (Wildman–Crippen LogP) is 2.06. The Balaban J connectivity index is 2.09. The molecule has 2 aromatic rings. The van der Waals surface area contributed by atoms with Crippen LogP contribution in [-0.4, -0.2) is 32.5 Å². The van der Waals surface area contributed by atoms with E-state index in [0.29, 0.717) is 16.9 Å². The second-order valence-electron chi connectivity index (χ2n) is 5.67. The normalized spacial score (nSPS) is 12.5. The van der Waals surface area contributed by atoms with Crippen molar-refractivity contribution in [3.05, 3.63) is 71.1 Å². The summed E-state index contributed by atoms with van der Waals surface area (Å²) in [6.07, 6.45) is 1.16. The van der Waals surface area contributed by atoms with Crippen molar-refractivity contribution >= 4 is 28.0 Å². The number of sulfonamides is 1. The lowest BCUT2D eigenvalue weighted by Crippen LogP contribution is -2.39. The second-order valence-corrected chi connectivity index (χ2v) is 7.23. The van der Waals surface area contributed by atoms with Crippen LogP contribution in [0.2, 0.25) is 0 Å². The van der Waals surface area contributed by atoms with Gasteiger partial charge in [-0.1, -0.05) is 42.5 Å². The van der Waals surface area contributed by atoms with E-state index in [4.69, 9.17) is 4.74 Å². The van der Waals surface area contributed by atoms with Crippen LogP contribution in [0.5, 0.6) is 5.75 Å². The van der Waals surface area contributed by atoms with Gasteiger partial charge in [-0.25, -0.2) is 13.1 Å². The molecule has 0 spiro atoms. The summed E-state index contributed by atoms with van der Waals surface area (Å²) in [5, 5.41) is 10.1. The van der Waals surface area contributed by atoms with Crippen LogP contribution in [0.15, 0.2) is 60.0 Å². The van der Waals surface area contributed by atoms with Crippen molar-refractivity contribution in [1.29, 1.82) is 0 Å². The largest absolute Gasteiger partial charge is 0.497 e. The lowest BCUT2D eigenvalue weighted by atomic mass is 9.99. The zero-order chi connectivity index (χ0) is 19.9. The van der Waals surface area contributed by atoms with Gasteiger partial charge in [-0.2, -0.15) is 0 Å². The van der Waals surface area contributed by atoms with Crippen LogP contribution in [0.25, 0.3) is 6.08 Å². The zero-order valence-electron chi connectivity index (χ0n) is 14.5. The summed E-state index contributed by atoms with van der Waals surface area (Å²) in [7, 11) is -2.63. The van der Waals surface area contributed by atoms with Crippen molar-refractivity contribution in [3.63, 3.8) is 0 Å². The first-order valence-corrected chi connectivity index (χ1v) is 9.51. The number of methoxy groups -OCH3 is 1. The average molecular weight is 389 g/mol. The quantitative estimate of drug-likeness (QED) is 0.669. The van der Waals surface area contributed by atoms with Crippen molar-refractivity contribution in [2.45, 2.75) is 6.42 Å². The van der Waals surface area contributed by atoms with Gasteiger partial charge in [0.05, 0.1) is 12.5 Å². The van der Waals surface area contributed by atoms with Gasteiger partial charge in [-0.3, -0.25) is 9.59 Å². The highest BCUT2D eigenvalue weighted by Gasteiger charge is 2.29. The van der Waals surface area contributed by atoms with E-state index >= 15 is 0 Å². The van der Waals surface area contributed by atoms with E-state index in [1.165, 1.54) is 13.2 Å². The minimum atomic E-state index is -4.12. The third-order valence-corrected chi connectivity index (χ3v) is 4.68. The molecule has 7 nitrogen and oxygen atoms in total. The molecule has 27 heavy (non-hydrogen) atoms. The number of carbonyl (C=O) groups excluding carboxylic acids is 1. The molecular formula is C19H19NO6S. The molecule has 0 fully saturated rings. The molecule has 1 amide bonds. The van der Waals surface area contributed by atoms with Crippen LogP contribution in [0.3, 0.4) is 0 Å². The number of carboxylic acids is 1. The summed E-state index contributed by atoms with van der Waals surface area (Å²) in [6, 6.07) is 15.1. The fourth-order valence-corrected chi connectivity index (χ4v) is 3.09. The van der Waals surface area contributed by atoms with Gasteiger partial charge in [-0.05, 0) is 35.8 Å². The molecule has 0 heterocycles. The molecule has 1 unspecified atom stereocenters. The molecule has 0 aromatic heterocycles. The van der Waals surface area contributed by atoms with Gasteiger partial charge in [0.2, 0.25) is 5.91 Å². The number of rotatable bonds is 8. The van der Waals surface area contributed by atoms with Crippen LogP contribution >= 0.6 is 0 Å². The minimum absolute atomic E-state index is 0.150. The summed E-state index contributed by atoms with van der Waals surface area (Å²) < 4.78 is 30.9. The van der Waals surface area contributed by atoms with E-state index in [1.54, 1.807) is 59.3 Å². The van der Waals surface area contributed by atoms with E-state index in [9.17, 15) is 23.1 Å². The summed E-state index contributed by atoms with van der Waals surface area (Å²) in [5.41, 5.74) is 1.19. The van der Waals surface area contributed by atoms with E-state index in [2.05, 4.69) is 0 Å². The van der Waals surface area contributed by atoms with Gasteiger partial charge < -0.3 is 9.84 Å². The van der Waals surface area contributed by atoms with Crippen molar-refractivity contribution in [2.24, 2.45) is 5.92 Å². The van der Waals surface area contributed by atoms with Crippen LogP contribution in [-0.2, 0) is 26.0 Å². The van der Waals surface area contributed by atoms with Gasteiger partial charge in [0.15, 0.2) is 0 Å². The van der Waals surface area contributed by atoms with E-state index < -0.39 is 27.8 Å². The maximum atomic E-state index is 12.2. The number of hydrogen-bond acceptors (Lipinski definition) is 5. The Morgan fingerprint density at radius 2 is 1.74 bits per heavy atom. The van der Waals surface area contributed by atoms with Gasteiger partial charge in [0.1, 0.15) is 11.7 Å². The fourth-order valence-electron chi connectivity index (χ4n) is 2.27. The highest BCUT2D eigenvalue weighted by atomic mass is 32.2. The molecule has 0 bridgehead atoms. The highest BCUT2D eigenvalue weighted by molar-refractivity contribution is 7.93. The first kappa shape index (κ1) is 20.2. The summed E-state index contributed by atoms with van der Waals surface area (Å²) in [5.74, 6) is -3.47. The molecule has 0 saturated heterocycles. The van der Waals surface area contributed by atoms with Crippen molar-refractivity contribution in [3.8, 4) is 5.75 Å². The smallest absolute Gasteiger partial charge is 0.316 e. The number of benzene rings is 2. The fraction of sp³-hybridized carbons (Fsp3) is 0.158. The average Bonchev–Trinajstić information content (AvgIpc) is 2.65. The van der Waals surface area contributed by atoms with Crippen molar-refractivity contribution < 1.29 is 27.9 Å². The van der Waals surface area contributed by atoms with Crippen LogP contribution in [0.4, 0.5) is 0 Å². The molecule has 0 aliphatic carbocycles. The first-order valence-electron chi connectivity index (χ1n) is 7.96. The molecule has 0 aliphatic rings. The van der Waals surface area contributed by atoms with Gasteiger partial charge in [-0.15, -0.1) is 0 Å². The van der Waals surface area contributed by atoms with Gasteiger partial charge in [0, 0.05) is 0 Å². The van der Waals surface area contributed by atoms with E-state index in [1.807, 2.05) is 0 Å². The molecule has 8 heteroatoms. The van der Waals surface area contributed by atoms with Crippen molar-refractivity contribution in [2.75, 3.05) is 7.11 Å². The lowest BCUT2D eigenvalue weighted by Gasteiger charge is -2.12. The summed E-state index contributed by atoms with van der Waals surface area (Å²) >= 11 is 0. The molecule has 1 atom stereocenters. The van der Waals surface area contributed by atoms with Crippen LogP contribution < -0.4 is 9.46 Å². The Labute approximate surface area is 157 Å². The Morgan fingerprint density at radius 3 is 2.30 bits per heavy atom. The summed E-state index contributed by atoms with van der Waals surface area (Å²) in [4.78, 5) is 23.6. The number of carboxylic acid groups (broad SMARTS) is 1. The van der Waals surface area contributed by atoms with Crippen LogP contribution in [0.1, 0.15) is 11.1 Å². The van der Waals surface area contributed by atoms with Gasteiger partial charge in [0.25, 0.3) is 10.0 Å². The number of aliphatic carboxylic acids is 1. The predicted molar refractivity (Wildman–Crippen MR) is 100 cm³/mol. The standard InChI is InChI=1S/C19H19NO6S/c1-26-16-9-7-15(8-10-16)13-17(19(22)23)18(21)20-27(24,25)12-11-14-5-3-2-4-6-14/h2-12,17H,13H2,1H3,(H,20,21)(H,22,23)/b12-11+. The third-order valence-electron chi connectivity index (χ3n) is 3.70.